The van der Waals surface area contributed by atoms with Crippen LogP contribution >= 0.6 is 0 Å². The molecule has 172 valence electrons. The van der Waals surface area contributed by atoms with Gasteiger partial charge in [-0.15, -0.1) is 0 Å². The summed E-state index contributed by atoms with van der Waals surface area (Å²) in [4.78, 5) is 0. The maximum Gasteiger partial charge on any atom is 0.166 e. The Kier molecular flexibility index (Phi) is 7.34. The highest BCUT2D eigenvalue weighted by Gasteiger charge is 2.24. The zero-order chi connectivity index (χ0) is 23.4. The third kappa shape index (κ3) is 5.06. The van der Waals surface area contributed by atoms with Crippen LogP contribution in [0.15, 0.2) is 66.7 Å². The number of benzene rings is 3. The average Bonchev–Trinajstić information content (AvgIpc) is 2.85. The second kappa shape index (κ2) is 10.4. The molecule has 1 nitrogen and oxygen atoms in total. The lowest BCUT2D eigenvalue weighted by Crippen LogP contribution is -2.20. The SMILES string of the molecule is C/C=C\Cc1ccc(-c2ccc(-c3ccc(C4CCC(CC)CO4)c(F)c3)cc2)c(F)c1F. The van der Waals surface area contributed by atoms with E-state index >= 15 is 0 Å². The standard InChI is InChI=1S/C29H29F3O/c1-3-5-6-22-12-14-24(29(32)28(22)31)21-10-8-20(9-11-21)23-13-15-25(26(30)17-23)27-16-7-19(4-2)18-33-27/h3,5,8-15,17,19,27H,4,6-7,16,18H2,1-2H3/b5-3-. The van der Waals surface area contributed by atoms with Crippen molar-refractivity contribution in [2.75, 3.05) is 6.61 Å². The first kappa shape index (κ1) is 23.3. The van der Waals surface area contributed by atoms with Gasteiger partial charge in [-0.2, -0.15) is 0 Å². The normalized spacial score (nSPS) is 18.7. The first-order valence-electron chi connectivity index (χ1n) is 11.6. The Morgan fingerprint density at radius 2 is 1.61 bits per heavy atom. The minimum Gasteiger partial charge on any atom is -0.373 e. The summed E-state index contributed by atoms with van der Waals surface area (Å²) >= 11 is 0. The Bertz CT molecular complexity index is 1130. The molecule has 2 unspecified atom stereocenters. The highest BCUT2D eigenvalue weighted by atomic mass is 19.2. The van der Waals surface area contributed by atoms with Crippen molar-refractivity contribution in [3.05, 3.63) is 95.3 Å². The lowest BCUT2D eigenvalue weighted by atomic mass is 9.92. The molecule has 1 heterocycles. The highest BCUT2D eigenvalue weighted by Crippen LogP contribution is 2.35. The smallest absolute Gasteiger partial charge is 0.166 e. The van der Waals surface area contributed by atoms with Gasteiger partial charge in [-0.1, -0.05) is 74.0 Å². The van der Waals surface area contributed by atoms with Crippen molar-refractivity contribution in [3.63, 3.8) is 0 Å². The molecular weight excluding hydrogens is 421 g/mol. The van der Waals surface area contributed by atoms with E-state index in [4.69, 9.17) is 4.74 Å². The first-order chi connectivity index (χ1) is 16.0. The van der Waals surface area contributed by atoms with Crippen molar-refractivity contribution in [3.8, 4) is 22.3 Å². The summed E-state index contributed by atoms with van der Waals surface area (Å²) in [6, 6.07) is 15.5. The maximum atomic E-state index is 14.9. The van der Waals surface area contributed by atoms with E-state index in [2.05, 4.69) is 6.92 Å². The minimum atomic E-state index is -0.849. The average molecular weight is 451 g/mol. The van der Waals surface area contributed by atoms with Crippen LogP contribution in [0.25, 0.3) is 22.3 Å². The Balaban J connectivity index is 1.53. The molecule has 33 heavy (non-hydrogen) atoms. The summed E-state index contributed by atoms with van der Waals surface area (Å²) in [5.41, 5.74) is 3.26. The lowest BCUT2D eigenvalue weighted by Gasteiger charge is -2.29. The summed E-state index contributed by atoms with van der Waals surface area (Å²) in [5.74, 6) is -1.38. The second-order valence-electron chi connectivity index (χ2n) is 8.66. The molecule has 1 aliphatic heterocycles. The van der Waals surface area contributed by atoms with E-state index in [9.17, 15) is 13.2 Å². The number of hydrogen-bond donors (Lipinski definition) is 0. The molecule has 4 heteroatoms. The quantitative estimate of drug-likeness (QED) is 0.342. The van der Waals surface area contributed by atoms with Crippen LogP contribution < -0.4 is 0 Å². The van der Waals surface area contributed by atoms with Gasteiger partial charge < -0.3 is 4.74 Å². The molecule has 2 atom stereocenters. The third-order valence-electron chi connectivity index (χ3n) is 6.56. The summed E-state index contributed by atoms with van der Waals surface area (Å²) < 4.78 is 49.9. The fraction of sp³-hybridized carbons (Fsp3) is 0.310. The van der Waals surface area contributed by atoms with Crippen molar-refractivity contribution in [1.82, 2.24) is 0 Å². The van der Waals surface area contributed by atoms with Crippen molar-refractivity contribution < 1.29 is 17.9 Å². The summed E-state index contributed by atoms with van der Waals surface area (Å²) in [5, 5.41) is 0. The van der Waals surface area contributed by atoms with Crippen LogP contribution in [-0.2, 0) is 11.2 Å². The van der Waals surface area contributed by atoms with E-state index in [0.717, 1.165) is 30.4 Å². The Labute approximate surface area is 193 Å². The molecule has 1 fully saturated rings. The molecule has 1 aliphatic rings. The Morgan fingerprint density at radius 1 is 0.879 bits per heavy atom. The second-order valence-corrected chi connectivity index (χ2v) is 8.66. The van der Waals surface area contributed by atoms with Gasteiger partial charge in [0.1, 0.15) is 5.82 Å². The number of hydrogen-bond acceptors (Lipinski definition) is 1. The number of rotatable bonds is 6. The largest absolute Gasteiger partial charge is 0.373 e. The molecule has 0 aromatic heterocycles. The van der Waals surface area contributed by atoms with Crippen LogP contribution in [0.2, 0.25) is 0 Å². The summed E-state index contributed by atoms with van der Waals surface area (Å²) in [6.07, 6.45) is 6.73. The van der Waals surface area contributed by atoms with Crippen LogP contribution in [0.3, 0.4) is 0 Å². The fourth-order valence-electron chi connectivity index (χ4n) is 4.40. The van der Waals surface area contributed by atoms with E-state index in [1.165, 1.54) is 6.07 Å². The van der Waals surface area contributed by atoms with Gasteiger partial charge in [-0.05, 0) is 60.4 Å². The summed E-state index contributed by atoms with van der Waals surface area (Å²) in [6.45, 7) is 4.67. The van der Waals surface area contributed by atoms with Crippen LogP contribution in [0.1, 0.15) is 50.3 Å². The van der Waals surface area contributed by atoms with Gasteiger partial charge in [0.15, 0.2) is 11.6 Å². The molecule has 0 aliphatic carbocycles. The molecular formula is C29H29F3O. The van der Waals surface area contributed by atoms with Crippen LogP contribution in [0.5, 0.6) is 0 Å². The topological polar surface area (TPSA) is 9.23 Å². The molecule has 0 spiro atoms. The van der Waals surface area contributed by atoms with E-state index in [-0.39, 0.29) is 17.5 Å². The van der Waals surface area contributed by atoms with Crippen LogP contribution in [0, 0.1) is 23.4 Å². The maximum absolute atomic E-state index is 14.9. The van der Waals surface area contributed by atoms with Gasteiger partial charge in [0.25, 0.3) is 0 Å². The molecule has 3 aromatic carbocycles. The predicted octanol–water partition coefficient (Wildman–Crippen LogP) is 8.43. The van der Waals surface area contributed by atoms with E-state index in [1.54, 1.807) is 48.5 Å². The van der Waals surface area contributed by atoms with Crippen molar-refractivity contribution in [1.29, 1.82) is 0 Å². The third-order valence-corrected chi connectivity index (χ3v) is 6.56. The van der Waals surface area contributed by atoms with Crippen LogP contribution in [0.4, 0.5) is 13.2 Å². The molecule has 3 aromatic rings. The Hall–Kier alpha value is -2.85. The van der Waals surface area contributed by atoms with E-state index < -0.39 is 11.6 Å². The van der Waals surface area contributed by atoms with Gasteiger partial charge in [0.2, 0.25) is 0 Å². The van der Waals surface area contributed by atoms with Gasteiger partial charge >= 0.3 is 0 Å². The highest BCUT2D eigenvalue weighted by molar-refractivity contribution is 5.71. The Morgan fingerprint density at radius 3 is 2.24 bits per heavy atom. The fourth-order valence-corrected chi connectivity index (χ4v) is 4.40. The molecule has 0 bridgehead atoms. The van der Waals surface area contributed by atoms with Crippen molar-refractivity contribution in [2.45, 2.75) is 45.6 Å². The monoisotopic (exact) mass is 450 g/mol. The summed E-state index contributed by atoms with van der Waals surface area (Å²) in [7, 11) is 0. The van der Waals surface area contributed by atoms with Gasteiger partial charge in [-0.25, -0.2) is 13.2 Å². The molecule has 1 saturated heterocycles. The number of halogens is 3. The molecule has 0 radical (unpaired) electrons. The molecule has 0 saturated carbocycles. The van der Waals surface area contributed by atoms with Gasteiger partial charge in [-0.3, -0.25) is 0 Å². The molecule has 4 rings (SSSR count). The van der Waals surface area contributed by atoms with E-state index in [0.29, 0.717) is 35.6 Å². The predicted molar refractivity (Wildman–Crippen MR) is 127 cm³/mol. The minimum absolute atomic E-state index is 0.196. The van der Waals surface area contributed by atoms with Crippen molar-refractivity contribution >= 4 is 0 Å². The first-order valence-corrected chi connectivity index (χ1v) is 11.6. The molecule has 0 N–H and O–H groups in total. The lowest BCUT2D eigenvalue weighted by molar-refractivity contribution is -0.0198. The van der Waals surface area contributed by atoms with Gasteiger partial charge in [0, 0.05) is 11.1 Å². The van der Waals surface area contributed by atoms with Crippen LogP contribution in [-0.4, -0.2) is 6.61 Å². The zero-order valence-electron chi connectivity index (χ0n) is 19.1. The number of allylic oxidation sites excluding steroid dienone is 2. The molecule has 0 amide bonds. The zero-order valence-corrected chi connectivity index (χ0v) is 19.1. The van der Waals surface area contributed by atoms with Crippen molar-refractivity contribution in [2.24, 2.45) is 5.92 Å². The van der Waals surface area contributed by atoms with E-state index in [1.807, 2.05) is 19.1 Å². The number of ether oxygens (including phenoxy) is 1. The van der Waals surface area contributed by atoms with Gasteiger partial charge in [0.05, 0.1) is 12.7 Å².